The molecular weight excluding hydrogens is 301 g/mol. The Hall–Kier alpha value is -2.13. The van der Waals surface area contributed by atoms with E-state index in [0.29, 0.717) is 11.3 Å². The molecule has 1 fully saturated rings. The minimum Gasteiger partial charge on any atom is -0.279 e. The fourth-order valence-corrected chi connectivity index (χ4v) is 3.18. The molecule has 0 N–H and O–H groups in total. The Morgan fingerprint density at radius 1 is 1.05 bits per heavy atom. The van der Waals surface area contributed by atoms with E-state index in [9.17, 15) is 9.18 Å². The third kappa shape index (κ3) is 2.04. The first-order valence-corrected chi connectivity index (χ1v) is 7.63. The van der Waals surface area contributed by atoms with E-state index in [1.54, 1.807) is 18.3 Å². The summed E-state index contributed by atoms with van der Waals surface area (Å²) >= 11 is 6.14. The molecule has 22 heavy (non-hydrogen) atoms. The summed E-state index contributed by atoms with van der Waals surface area (Å²) in [4.78, 5) is 12.8. The summed E-state index contributed by atoms with van der Waals surface area (Å²) in [5.74, 6) is -0.0473. The van der Waals surface area contributed by atoms with Crippen molar-refractivity contribution in [1.82, 2.24) is 4.57 Å². The van der Waals surface area contributed by atoms with Crippen molar-refractivity contribution in [3.63, 3.8) is 0 Å². The molecule has 0 atom stereocenters. The van der Waals surface area contributed by atoms with Crippen molar-refractivity contribution in [2.24, 2.45) is 0 Å². The smallest absolute Gasteiger partial charge is 0.263 e. The third-order valence-electron chi connectivity index (χ3n) is 4.15. The molecule has 1 saturated carbocycles. The van der Waals surface area contributed by atoms with Gasteiger partial charge in [0.05, 0.1) is 5.02 Å². The molecule has 1 heterocycles. The van der Waals surface area contributed by atoms with E-state index in [1.807, 2.05) is 18.2 Å². The molecule has 1 aliphatic rings. The van der Waals surface area contributed by atoms with Crippen LogP contribution in [0.4, 0.5) is 4.39 Å². The van der Waals surface area contributed by atoms with E-state index in [1.165, 1.54) is 16.7 Å². The van der Waals surface area contributed by atoms with Crippen molar-refractivity contribution >= 4 is 22.4 Å². The predicted molar refractivity (Wildman–Crippen MR) is 86.5 cm³/mol. The van der Waals surface area contributed by atoms with Gasteiger partial charge in [0, 0.05) is 11.6 Å². The van der Waals surface area contributed by atoms with Gasteiger partial charge in [0.2, 0.25) is 0 Å². The van der Waals surface area contributed by atoms with Crippen LogP contribution in [0.2, 0.25) is 5.02 Å². The van der Waals surface area contributed by atoms with Crippen LogP contribution in [0.25, 0.3) is 16.5 Å². The second-order valence-corrected chi connectivity index (χ2v) is 6.06. The molecule has 110 valence electrons. The molecule has 1 aliphatic carbocycles. The highest BCUT2D eigenvalue weighted by Gasteiger charge is 2.27. The minimum atomic E-state index is -0.494. The first kappa shape index (κ1) is 13.5. The van der Waals surface area contributed by atoms with Gasteiger partial charge >= 0.3 is 0 Å². The first-order chi connectivity index (χ1) is 10.7. The number of fused-ring (bicyclic) bond motifs is 1. The molecule has 0 unspecified atom stereocenters. The van der Waals surface area contributed by atoms with Crippen molar-refractivity contribution in [2.45, 2.75) is 18.8 Å². The van der Waals surface area contributed by atoms with Gasteiger partial charge in [0.15, 0.2) is 0 Å². The monoisotopic (exact) mass is 313 g/mol. The van der Waals surface area contributed by atoms with Crippen LogP contribution in [0, 0.1) is 5.82 Å². The lowest BCUT2D eigenvalue weighted by molar-refractivity contribution is 0.616. The van der Waals surface area contributed by atoms with Crippen LogP contribution in [0.3, 0.4) is 0 Å². The Kier molecular flexibility index (Phi) is 3.05. The molecule has 4 heteroatoms. The number of benzene rings is 2. The first-order valence-electron chi connectivity index (χ1n) is 7.25. The molecule has 1 aromatic heterocycles. The van der Waals surface area contributed by atoms with Crippen LogP contribution < -0.4 is 5.56 Å². The number of hydrogen-bond acceptors (Lipinski definition) is 1. The molecule has 2 nitrogen and oxygen atoms in total. The zero-order chi connectivity index (χ0) is 15.3. The Morgan fingerprint density at radius 3 is 2.45 bits per heavy atom. The highest BCUT2D eigenvalue weighted by Crippen LogP contribution is 2.42. The van der Waals surface area contributed by atoms with Crippen molar-refractivity contribution < 1.29 is 4.39 Å². The lowest BCUT2D eigenvalue weighted by Gasteiger charge is -2.13. The number of halogens is 2. The van der Waals surface area contributed by atoms with Gasteiger partial charge in [-0.05, 0) is 47.9 Å². The number of aromatic nitrogens is 1. The van der Waals surface area contributed by atoms with Crippen LogP contribution in [0.15, 0.2) is 53.5 Å². The summed E-state index contributed by atoms with van der Waals surface area (Å²) in [6, 6.07) is 11.9. The van der Waals surface area contributed by atoms with Crippen LogP contribution in [-0.4, -0.2) is 4.57 Å². The standard InChI is InChI=1S/C18H13ClFNO/c19-15-6-3-7-16(20)17(15)21-10-14(11-8-9-11)12-4-1-2-5-13(12)18(21)22/h1-7,10-11H,8-9H2. The maximum Gasteiger partial charge on any atom is 0.263 e. The summed E-state index contributed by atoms with van der Waals surface area (Å²) in [5.41, 5.74) is 0.975. The second-order valence-electron chi connectivity index (χ2n) is 5.65. The topological polar surface area (TPSA) is 22.0 Å². The van der Waals surface area contributed by atoms with Gasteiger partial charge < -0.3 is 0 Å². The number of nitrogens with zero attached hydrogens (tertiary/aromatic N) is 1. The van der Waals surface area contributed by atoms with Crippen molar-refractivity contribution in [2.75, 3.05) is 0 Å². The Bertz CT molecular complexity index is 923. The molecule has 3 aromatic rings. The van der Waals surface area contributed by atoms with Gasteiger partial charge in [-0.2, -0.15) is 0 Å². The molecule has 0 amide bonds. The fraction of sp³-hybridized carbons (Fsp3) is 0.167. The van der Waals surface area contributed by atoms with Crippen molar-refractivity contribution in [3.8, 4) is 5.69 Å². The van der Waals surface area contributed by atoms with Gasteiger partial charge in [0.1, 0.15) is 11.5 Å². The number of pyridine rings is 1. The summed E-state index contributed by atoms with van der Waals surface area (Å²) in [6.07, 6.45) is 3.97. The SMILES string of the molecule is O=c1c2ccccc2c(C2CC2)cn1-c1c(F)cccc1Cl. The van der Waals surface area contributed by atoms with E-state index in [0.717, 1.165) is 23.8 Å². The molecule has 4 rings (SSSR count). The van der Waals surface area contributed by atoms with Crippen LogP contribution in [-0.2, 0) is 0 Å². The molecule has 2 aromatic carbocycles. The van der Waals surface area contributed by atoms with E-state index in [4.69, 9.17) is 11.6 Å². The Balaban J connectivity index is 2.11. The maximum absolute atomic E-state index is 14.2. The van der Waals surface area contributed by atoms with Gasteiger partial charge in [-0.25, -0.2) is 4.39 Å². The van der Waals surface area contributed by atoms with Crippen molar-refractivity contribution in [1.29, 1.82) is 0 Å². The molecule has 0 saturated heterocycles. The quantitative estimate of drug-likeness (QED) is 0.674. The van der Waals surface area contributed by atoms with Gasteiger partial charge in [-0.15, -0.1) is 0 Å². The third-order valence-corrected chi connectivity index (χ3v) is 4.46. The maximum atomic E-state index is 14.2. The van der Waals surface area contributed by atoms with E-state index in [-0.39, 0.29) is 16.3 Å². The molecule has 0 bridgehead atoms. The number of para-hydroxylation sites is 1. The Labute approximate surface area is 131 Å². The van der Waals surface area contributed by atoms with E-state index in [2.05, 4.69) is 0 Å². The Morgan fingerprint density at radius 2 is 1.77 bits per heavy atom. The summed E-state index contributed by atoms with van der Waals surface area (Å²) in [5, 5.41) is 1.80. The second kappa shape index (κ2) is 4.96. The normalized spacial score (nSPS) is 14.5. The summed E-state index contributed by atoms with van der Waals surface area (Å²) < 4.78 is 15.6. The van der Waals surface area contributed by atoms with Gasteiger partial charge in [-0.3, -0.25) is 9.36 Å². The van der Waals surface area contributed by atoms with Gasteiger partial charge in [-0.1, -0.05) is 35.9 Å². The predicted octanol–water partition coefficient (Wildman–Crippen LogP) is 4.66. The molecule has 0 radical (unpaired) electrons. The number of rotatable bonds is 2. The molecular formula is C18H13ClFNO. The zero-order valence-corrected chi connectivity index (χ0v) is 12.5. The summed E-state index contributed by atoms with van der Waals surface area (Å²) in [7, 11) is 0. The lowest BCUT2D eigenvalue weighted by Crippen LogP contribution is -2.20. The lowest BCUT2D eigenvalue weighted by atomic mass is 10.0. The highest BCUT2D eigenvalue weighted by atomic mass is 35.5. The van der Waals surface area contributed by atoms with Crippen LogP contribution in [0.1, 0.15) is 24.3 Å². The molecule has 0 aliphatic heterocycles. The average molecular weight is 314 g/mol. The fourth-order valence-electron chi connectivity index (χ4n) is 2.92. The average Bonchev–Trinajstić information content (AvgIpc) is 3.34. The number of hydrogen-bond donors (Lipinski definition) is 0. The zero-order valence-electron chi connectivity index (χ0n) is 11.7. The van der Waals surface area contributed by atoms with E-state index < -0.39 is 5.82 Å². The molecule has 0 spiro atoms. The largest absolute Gasteiger partial charge is 0.279 e. The highest BCUT2D eigenvalue weighted by molar-refractivity contribution is 6.32. The summed E-state index contributed by atoms with van der Waals surface area (Å²) in [6.45, 7) is 0. The van der Waals surface area contributed by atoms with Crippen LogP contribution in [0.5, 0.6) is 0 Å². The van der Waals surface area contributed by atoms with Gasteiger partial charge in [0.25, 0.3) is 5.56 Å². The minimum absolute atomic E-state index is 0.127. The van der Waals surface area contributed by atoms with Crippen molar-refractivity contribution in [3.05, 3.63) is 75.4 Å². The van der Waals surface area contributed by atoms with Crippen LogP contribution >= 0.6 is 11.6 Å². The van der Waals surface area contributed by atoms with E-state index >= 15 is 0 Å².